The average molecular weight is 552 g/mol. The summed E-state index contributed by atoms with van der Waals surface area (Å²) in [7, 11) is -3.74. The van der Waals surface area contributed by atoms with Crippen molar-refractivity contribution in [3.63, 3.8) is 0 Å². The van der Waals surface area contributed by atoms with Crippen LogP contribution < -0.4 is 9.80 Å². The molecule has 0 radical (unpaired) electrons. The molecule has 0 atom stereocenters. The van der Waals surface area contributed by atoms with Gasteiger partial charge < -0.3 is 14.7 Å². The summed E-state index contributed by atoms with van der Waals surface area (Å²) in [5.41, 5.74) is 2.47. The molecule has 2 aliphatic rings. The number of benzene rings is 2. The highest BCUT2D eigenvalue weighted by Crippen LogP contribution is 2.36. The molecule has 0 bridgehead atoms. The zero-order chi connectivity index (χ0) is 24.5. The van der Waals surface area contributed by atoms with Crippen molar-refractivity contribution in [3.8, 4) is 0 Å². The van der Waals surface area contributed by atoms with Crippen molar-refractivity contribution in [1.29, 1.82) is 0 Å². The normalized spacial score (nSPS) is 16.0. The van der Waals surface area contributed by atoms with E-state index in [-0.39, 0.29) is 34.7 Å². The Bertz CT molecular complexity index is 1200. The highest BCUT2D eigenvalue weighted by Gasteiger charge is 2.29. The molecule has 2 aromatic rings. The van der Waals surface area contributed by atoms with Crippen LogP contribution in [-0.2, 0) is 25.8 Å². The van der Waals surface area contributed by atoms with Crippen LogP contribution in [-0.4, -0.2) is 63.6 Å². The van der Waals surface area contributed by atoms with Crippen LogP contribution >= 0.6 is 15.9 Å². The lowest BCUT2D eigenvalue weighted by molar-refractivity contribution is -0.131. The Morgan fingerprint density at radius 3 is 2.32 bits per heavy atom. The van der Waals surface area contributed by atoms with E-state index in [0.717, 1.165) is 11.3 Å². The van der Waals surface area contributed by atoms with Gasteiger partial charge in [-0.15, -0.1) is 0 Å². The number of halogens is 2. The van der Waals surface area contributed by atoms with Gasteiger partial charge in [-0.1, -0.05) is 6.92 Å². The van der Waals surface area contributed by atoms with Gasteiger partial charge in [0.05, 0.1) is 10.6 Å². The number of nitrogens with zero attached hydrogens (tertiary/aromatic N) is 3. The number of carbonyl (C=O) groups is 2. The molecule has 182 valence electrons. The van der Waals surface area contributed by atoms with Crippen molar-refractivity contribution < 1.29 is 22.4 Å². The largest absolute Gasteiger partial charge is 0.368 e. The molecule has 0 saturated carbocycles. The van der Waals surface area contributed by atoms with E-state index in [4.69, 9.17) is 0 Å². The molecule has 10 heteroatoms. The molecular weight excluding hydrogens is 525 g/mol. The van der Waals surface area contributed by atoms with Crippen LogP contribution in [0.5, 0.6) is 0 Å². The van der Waals surface area contributed by atoms with Gasteiger partial charge in [0.1, 0.15) is 5.82 Å². The summed E-state index contributed by atoms with van der Waals surface area (Å²) < 4.78 is 39.8. The second kappa shape index (κ2) is 10.0. The van der Waals surface area contributed by atoms with Crippen LogP contribution in [0.25, 0.3) is 0 Å². The number of anilines is 2. The van der Waals surface area contributed by atoms with Crippen LogP contribution in [0.1, 0.15) is 25.3 Å². The first kappa shape index (κ1) is 24.7. The molecule has 2 aliphatic heterocycles. The third-order valence-corrected chi connectivity index (χ3v) is 9.04. The SMILES string of the molecule is CCC(=O)N1CCc2cc(Br)c(S(=O)(=O)CCC(=O)N3CCN(c4ccc(F)cc4)CC3)cc21. The van der Waals surface area contributed by atoms with Gasteiger partial charge in [-0.3, -0.25) is 9.59 Å². The maximum absolute atomic E-state index is 13.1. The molecule has 1 fully saturated rings. The van der Waals surface area contributed by atoms with E-state index in [0.29, 0.717) is 55.7 Å². The van der Waals surface area contributed by atoms with E-state index in [2.05, 4.69) is 20.8 Å². The Balaban J connectivity index is 1.38. The Labute approximate surface area is 207 Å². The predicted octanol–water partition coefficient (Wildman–Crippen LogP) is 3.40. The quantitative estimate of drug-likeness (QED) is 0.549. The molecule has 2 heterocycles. The molecule has 0 unspecified atom stereocenters. The van der Waals surface area contributed by atoms with E-state index >= 15 is 0 Å². The van der Waals surface area contributed by atoms with Crippen LogP contribution in [0.15, 0.2) is 45.8 Å². The number of piperazine rings is 1. The lowest BCUT2D eigenvalue weighted by Crippen LogP contribution is -2.49. The Kier molecular flexibility index (Phi) is 7.28. The van der Waals surface area contributed by atoms with Crippen LogP contribution in [0, 0.1) is 5.82 Å². The van der Waals surface area contributed by atoms with E-state index < -0.39 is 9.84 Å². The summed E-state index contributed by atoms with van der Waals surface area (Å²) in [5.74, 6) is -0.844. The minimum absolute atomic E-state index is 0.0422. The van der Waals surface area contributed by atoms with Gasteiger partial charge in [0, 0.05) is 61.4 Å². The number of hydrogen-bond acceptors (Lipinski definition) is 5. The summed E-state index contributed by atoms with van der Waals surface area (Å²) in [6, 6.07) is 9.56. The molecule has 2 amide bonds. The van der Waals surface area contributed by atoms with Crippen molar-refractivity contribution in [2.45, 2.75) is 31.1 Å². The van der Waals surface area contributed by atoms with Gasteiger partial charge in [-0.05, 0) is 64.3 Å². The molecular formula is C24H27BrFN3O4S. The number of rotatable bonds is 6. The Morgan fingerprint density at radius 1 is 1.00 bits per heavy atom. The van der Waals surface area contributed by atoms with Gasteiger partial charge in [-0.25, -0.2) is 12.8 Å². The van der Waals surface area contributed by atoms with Crippen molar-refractivity contribution in [2.24, 2.45) is 0 Å². The first-order valence-corrected chi connectivity index (χ1v) is 13.8. The molecule has 34 heavy (non-hydrogen) atoms. The molecule has 1 saturated heterocycles. The van der Waals surface area contributed by atoms with Gasteiger partial charge in [0.2, 0.25) is 11.8 Å². The fourth-order valence-corrected chi connectivity index (χ4v) is 6.87. The maximum Gasteiger partial charge on any atom is 0.226 e. The lowest BCUT2D eigenvalue weighted by Gasteiger charge is -2.36. The number of hydrogen-bond donors (Lipinski definition) is 0. The third-order valence-electron chi connectivity index (χ3n) is 6.38. The minimum Gasteiger partial charge on any atom is -0.368 e. The zero-order valence-corrected chi connectivity index (χ0v) is 21.4. The molecule has 0 spiro atoms. The second-order valence-corrected chi connectivity index (χ2v) is 11.4. The van der Waals surface area contributed by atoms with Crippen LogP contribution in [0.3, 0.4) is 0 Å². The molecule has 2 aromatic carbocycles. The first-order chi connectivity index (χ1) is 16.2. The smallest absolute Gasteiger partial charge is 0.226 e. The van der Waals surface area contributed by atoms with Crippen molar-refractivity contribution in [1.82, 2.24) is 4.90 Å². The van der Waals surface area contributed by atoms with Crippen LogP contribution in [0.4, 0.5) is 15.8 Å². The maximum atomic E-state index is 13.1. The molecule has 4 rings (SSSR count). The summed E-state index contributed by atoms with van der Waals surface area (Å²) in [6.45, 7) is 4.48. The number of amides is 2. The first-order valence-electron chi connectivity index (χ1n) is 11.3. The van der Waals surface area contributed by atoms with Crippen molar-refractivity contribution in [2.75, 3.05) is 48.3 Å². The highest BCUT2D eigenvalue weighted by molar-refractivity contribution is 9.10. The van der Waals surface area contributed by atoms with Gasteiger partial charge in [0.25, 0.3) is 0 Å². The van der Waals surface area contributed by atoms with E-state index in [1.54, 1.807) is 41.0 Å². The summed E-state index contributed by atoms with van der Waals surface area (Å²) in [5, 5.41) is 0. The summed E-state index contributed by atoms with van der Waals surface area (Å²) in [4.78, 5) is 30.5. The zero-order valence-electron chi connectivity index (χ0n) is 19.0. The minimum atomic E-state index is -3.74. The van der Waals surface area contributed by atoms with E-state index in [1.807, 2.05) is 0 Å². The van der Waals surface area contributed by atoms with Gasteiger partial charge in [-0.2, -0.15) is 0 Å². The molecule has 7 nitrogen and oxygen atoms in total. The van der Waals surface area contributed by atoms with Gasteiger partial charge in [0.15, 0.2) is 9.84 Å². The van der Waals surface area contributed by atoms with Crippen molar-refractivity contribution in [3.05, 3.63) is 52.3 Å². The fourth-order valence-electron chi connectivity index (χ4n) is 4.43. The van der Waals surface area contributed by atoms with Crippen LogP contribution in [0.2, 0.25) is 0 Å². The Morgan fingerprint density at radius 2 is 1.68 bits per heavy atom. The average Bonchev–Trinajstić information content (AvgIpc) is 3.25. The lowest BCUT2D eigenvalue weighted by atomic mass is 10.2. The Hall–Kier alpha value is -2.46. The molecule has 0 aliphatic carbocycles. The molecule has 0 aromatic heterocycles. The number of sulfone groups is 1. The fraction of sp³-hybridized carbons (Fsp3) is 0.417. The predicted molar refractivity (Wildman–Crippen MR) is 132 cm³/mol. The summed E-state index contributed by atoms with van der Waals surface area (Å²) in [6.07, 6.45) is 0.920. The number of carbonyl (C=O) groups excluding carboxylic acids is 2. The monoisotopic (exact) mass is 551 g/mol. The van der Waals surface area contributed by atoms with Crippen molar-refractivity contribution >= 4 is 49.0 Å². The topological polar surface area (TPSA) is 78.0 Å². The van der Waals surface area contributed by atoms with Gasteiger partial charge >= 0.3 is 0 Å². The standard InChI is InChI=1S/C24H27BrFN3O4S/c1-2-23(30)29-9-7-17-15-20(25)22(16-21(17)29)34(32,33)14-8-24(31)28-12-10-27(11-13-28)19-5-3-18(26)4-6-19/h3-6,15-16H,2,7-14H2,1H3. The van der Waals surface area contributed by atoms with E-state index in [9.17, 15) is 22.4 Å². The third kappa shape index (κ3) is 5.12. The summed E-state index contributed by atoms with van der Waals surface area (Å²) >= 11 is 3.37. The molecule has 0 N–H and O–H groups in total. The second-order valence-electron chi connectivity index (χ2n) is 8.47. The number of fused-ring (bicyclic) bond motifs is 1. The highest BCUT2D eigenvalue weighted by atomic mass is 79.9. The van der Waals surface area contributed by atoms with E-state index in [1.165, 1.54) is 12.1 Å².